The molecule has 3 aromatic rings. The number of carbonyl (C=O) groups excluding carboxylic acids is 2. The zero-order valence-corrected chi connectivity index (χ0v) is 21.7. The van der Waals surface area contributed by atoms with Crippen molar-refractivity contribution in [3.05, 3.63) is 84.2 Å². The van der Waals surface area contributed by atoms with E-state index in [0.29, 0.717) is 12.0 Å². The molecular formula is C29H36F2N2O3. The number of ketones is 1. The van der Waals surface area contributed by atoms with Crippen molar-refractivity contribution in [2.75, 3.05) is 0 Å². The second-order valence-corrected chi connectivity index (χ2v) is 8.96. The Hall–Kier alpha value is -3.61. The third-order valence-electron chi connectivity index (χ3n) is 5.28. The average Bonchev–Trinajstić information content (AvgIpc) is 2.80. The van der Waals surface area contributed by atoms with E-state index in [0.717, 1.165) is 29.3 Å². The molecule has 0 aliphatic rings. The SMILES string of the molecule is C=CCC(C)(CCC)C(=O)NCc1cccc(F)c1O.CC(C)=O.Cc1cc2cc(F)ccc2cn1. The van der Waals surface area contributed by atoms with E-state index in [1.807, 2.05) is 26.8 Å². The highest BCUT2D eigenvalue weighted by atomic mass is 19.1. The molecule has 1 aromatic heterocycles. The van der Waals surface area contributed by atoms with Crippen LogP contribution in [-0.2, 0) is 16.1 Å². The number of halogens is 2. The van der Waals surface area contributed by atoms with Gasteiger partial charge in [0.25, 0.3) is 0 Å². The molecule has 0 saturated heterocycles. The predicted octanol–water partition coefficient (Wildman–Crippen LogP) is 6.81. The third kappa shape index (κ3) is 9.94. The minimum atomic E-state index is -0.681. The quantitative estimate of drug-likeness (QED) is 0.351. The van der Waals surface area contributed by atoms with Gasteiger partial charge in [-0.05, 0) is 69.3 Å². The van der Waals surface area contributed by atoms with Crippen LogP contribution < -0.4 is 5.32 Å². The summed E-state index contributed by atoms with van der Waals surface area (Å²) in [7, 11) is 0. The van der Waals surface area contributed by atoms with Crippen LogP contribution in [0.5, 0.6) is 5.75 Å². The number of nitrogens with zero attached hydrogens (tertiary/aromatic N) is 1. The molecule has 0 aliphatic heterocycles. The zero-order chi connectivity index (χ0) is 27.3. The highest BCUT2D eigenvalue weighted by Crippen LogP contribution is 2.29. The molecular weight excluding hydrogens is 462 g/mol. The molecule has 2 aromatic carbocycles. The van der Waals surface area contributed by atoms with Gasteiger partial charge in [-0.3, -0.25) is 9.78 Å². The molecule has 1 atom stereocenters. The molecule has 0 fully saturated rings. The minimum Gasteiger partial charge on any atom is -0.505 e. The van der Waals surface area contributed by atoms with E-state index in [2.05, 4.69) is 16.9 Å². The summed E-state index contributed by atoms with van der Waals surface area (Å²) in [4.78, 5) is 25.8. The number of phenolic OH excluding ortho intramolecular Hbond substituents is 1. The van der Waals surface area contributed by atoms with Crippen LogP contribution in [0.1, 0.15) is 58.2 Å². The Kier molecular flexibility index (Phi) is 12.4. The van der Waals surface area contributed by atoms with Gasteiger partial charge < -0.3 is 15.2 Å². The molecule has 5 nitrogen and oxygen atoms in total. The molecule has 7 heteroatoms. The molecule has 1 unspecified atom stereocenters. The number of hydrogen-bond acceptors (Lipinski definition) is 4. The Morgan fingerprint density at radius 1 is 1.14 bits per heavy atom. The van der Waals surface area contributed by atoms with Gasteiger partial charge in [0.1, 0.15) is 11.6 Å². The molecule has 36 heavy (non-hydrogen) atoms. The molecule has 2 N–H and O–H groups in total. The summed E-state index contributed by atoms with van der Waals surface area (Å²) < 4.78 is 26.0. The number of aromatic hydroxyl groups is 1. The van der Waals surface area contributed by atoms with E-state index in [9.17, 15) is 23.5 Å². The number of benzene rings is 2. The number of aromatic nitrogens is 1. The van der Waals surface area contributed by atoms with Gasteiger partial charge in [-0.15, -0.1) is 6.58 Å². The number of fused-ring (bicyclic) bond motifs is 1. The number of pyridine rings is 1. The van der Waals surface area contributed by atoms with Crippen molar-refractivity contribution in [3.8, 4) is 5.75 Å². The molecule has 0 spiro atoms. The average molecular weight is 499 g/mol. The topological polar surface area (TPSA) is 79.3 Å². The summed E-state index contributed by atoms with van der Waals surface area (Å²) in [5.41, 5.74) is 0.767. The fraction of sp³-hybridized carbons (Fsp3) is 0.345. The van der Waals surface area contributed by atoms with Gasteiger partial charge in [0.05, 0.1) is 0 Å². The Bertz CT molecular complexity index is 1140. The number of carbonyl (C=O) groups is 2. The highest BCUT2D eigenvalue weighted by molar-refractivity contribution is 5.82. The number of nitrogens with one attached hydrogen (secondary N) is 1. The number of hydrogen-bond donors (Lipinski definition) is 2. The molecule has 0 aliphatic carbocycles. The van der Waals surface area contributed by atoms with E-state index in [-0.39, 0.29) is 24.1 Å². The Labute approximate surface area is 212 Å². The summed E-state index contributed by atoms with van der Waals surface area (Å²) in [6, 6.07) is 10.8. The number of para-hydroxylation sites is 1. The van der Waals surface area contributed by atoms with Crippen LogP contribution >= 0.6 is 0 Å². The summed E-state index contributed by atoms with van der Waals surface area (Å²) in [6.45, 7) is 12.7. The fourth-order valence-corrected chi connectivity index (χ4v) is 3.49. The molecule has 0 saturated carbocycles. The summed E-state index contributed by atoms with van der Waals surface area (Å²) in [5, 5.41) is 14.2. The van der Waals surface area contributed by atoms with Crippen molar-refractivity contribution >= 4 is 22.5 Å². The van der Waals surface area contributed by atoms with Crippen molar-refractivity contribution in [3.63, 3.8) is 0 Å². The van der Waals surface area contributed by atoms with E-state index in [4.69, 9.17) is 0 Å². The normalized spacial score (nSPS) is 11.8. The molecule has 3 rings (SSSR count). The maximum absolute atomic E-state index is 13.2. The van der Waals surface area contributed by atoms with Gasteiger partial charge in [-0.2, -0.15) is 0 Å². The minimum absolute atomic E-state index is 0.108. The summed E-state index contributed by atoms with van der Waals surface area (Å²) >= 11 is 0. The zero-order valence-electron chi connectivity index (χ0n) is 21.7. The van der Waals surface area contributed by atoms with Crippen molar-refractivity contribution in [2.45, 2.75) is 60.4 Å². The standard InChI is InChI=1S/C16H22FNO2.C10H8FN.C3H6O/c1-4-9-16(3,10-5-2)15(20)18-11-12-7-6-8-13(17)14(12)19;1-7-4-9-5-10(11)3-2-8(9)6-12-7;1-3(2)4/h4,6-8,19H,1,5,9-11H2,2-3H3,(H,18,20);2-6H,1H3;1-2H3. The third-order valence-corrected chi connectivity index (χ3v) is 5.28. The number of rotatable bonds is 7. The maximum atomic E-state index is 13.2. The Balaban J connectivity index is 0.000000339. The van der Waals surface area contributed by atoms with Gasteiger partial charge in [0.2, 0.25) is 5.91 Å². The fourth-order valence-electron chi connectivity index (χ4n) is 3.49. The lowest BCUT2D eigenvalue weighted by Crippen LogP contribution is -2.38. The number of Topliss-reactive ketones (excluding diaryl/α,β-unsaturated/α-hetero) is 1. The van der Waals surface area contributed by atoms with Crippen LogP contribution in [0.4, 0.5) is 8.78 Å². The lowest BCUT2D eigenvalue weighted by molar-refractivity contribution is -0.130. The lowest BCUT2D eigenvalue weighted by Gasteiger charge is -2.26. The summed E-state index contributed by atoms with van der Waals surface area (Å²) in [6.07, 6.45) is 5.71. The smallest absolute Gasteiger partial charge is 0.226 e. The Morgan fingerprint density at radius 2 is 1.81 bits per heavy atom. The van der Waals surface area contributed by atoms with Crippen molar-refractivity contribution in [1.29, 1.82) is 0 Å². The van der Waals surface area contributed by atoms with Gasteiger partial charge in [0.15, 0.2) is 11.6 Å². The van der Waals surface area contributed by atoms with E-state index < -0.39 is 17.0 Å². The van der Waals surface area contributed by atoms with E-state index >= 15 is 0 Å². The number of amides is 1. The second kappa shape index (κ2) is 14.7. The first-order valence-corrected chi connectivity index (χ1v) is 11.8. The second-order valence-electron chi connectivity index (χ2n) is 8.96. The highest BCUT2D eigenvalue weighted by Gasteiger charge is 2.30. The first-order chi connectivity index (χ1) is 16.9. The van der Waals surface area contributed by atoms with Gasteiger partial charge in [-0.1, -0.05) is 38.5 Å². The first-order valence-electron chi connectivity index (χ1n) is 11.8. The van der Waals surface area contributed by atoms with Crippen LogP contribution in [0.25, 0.3) is 10.8 Å². The van der Waals surface area contributed by atoms with E-state index in [1.54, 1.807) is 24.4 Å². The molecule has 1 amide bonds. The van der Waals surface area contributed by atoms with Gasteiger partial charge in [-0.25, -0.2) is 8.78 Å². The molecule has 194 valence electrons. The number of phenols is 1. The number of allylic oxidation sites excluding steroid dienone is 1. The first kappa shape index (κ1) is 30.4. The maximum Gasteiger partial charge on any atom is 0.226 e. The van der Waals surface area contributed by atoms with Crippen molar-refractivity contribution in [2.24, 2.45) is 5.41 Å². The van der Waals surface area contributed by atoms with Gasteiger partial charge >= 0.3 is 0 Å². The van der Waals surface area contributed by atoms with Crippen molar-refractivity contribution in [1.82, 2.24) is 10.3 Å². The van der Waals surface area contributed by atoms with E-state index in [1.165, 1.54) is 38.1 Å². The Morgan fingerprint density at radius 3 is 2.42 bits per heavy atom. The van der Waals surface area contributed by atoms with Crippen LogP contribution in [0.15, 0.2) is 61.3 Å². The predicted molar refractivity (Wildman–Crippen MR) is 141 cm³/mol. The van der Waals surface area contributed by atoms with Crippen LogP contribution in [0.3, 0.4) is 0 Å². The van der Waals surface area contributed by atoms with Crippen LogP contribution in [-0.4, -0.2) is 21.8 Å². The largest absolute Gasteiger partial charge is 0.505 e. The number of aryl methyl sites for hydroxylation is 1. The van der Waals surface area contributed by atoms with Crippen molar-refractivity contribution < 1.29 is 23.5 Å². The molecule has 0 bridgehead atoms. The van der Waals surface area contributed by atoms with Crippen LogP contribution in [0, 0.1) is 24.0 Å². The molecule has 1 heterocycles. The monoisotopic (exact) mass is 498 g/mol. The van der Waals surface area contributed by atoms with Gasteiger partial charge in [0, 0.05) is 34.8 Å². The van der Waals surface area contributed by atoms with Crippen LogP contribution in [0.2, 0.25) is 0 Å². The molecule has 0 radical (unpaired) electrons. The summed E-state index contributed by atoms with van der Waals surface area (Å²) in [5.74, 6) is -1.23. The lowest BCUT2D eigenvalue weighted by atomic mass is 9.81.